The first-order valence-electron chi connectivity index (χ1n) is 8.89. The lowest BCUT2D eigenvalue weighted by Crippen LogP contribution is -2.23. The second-order valence-corrected chi connectivity index (χ2v) is 6.82. The average molecular weight is 360 g/mol. The topological polar surface area (TPSA) is 58.1 Å². The number of hydrogen-bond donors (Lipinski definition) is 1. The van der Waals surface area contributed by atoms with E-state index in [-0.39, 0.29) is 5.91 Å². The van der Waals surface area contributed by atoms with E-state index in [0.717, 1.165) is 22.6 Å². The minimum atomic E-state index is -0.104. The van der Waals surface area contributed by atoms with Gasteiger partial charge in [0, 0.05) is 44.2 Å². The summed E-state index contributed by atoms with van der Waals surface area (Å²) >= 11 is 0. The quantitative estimate of drug-likeness (QED) is 0.753. The number of benzene rings is 2. The second-order valence-electron chi connectivity index (χ2n) is 6.82. The molecule has 5 heteroatoms. The van der Waals surface area contributed by atoms with Crippen LogP contribution in [0.25, 0.3) is 11.3 Å². The molecular formula is C22H24N4O. The lowest BCUT2D eigenvalue weighted by molar-refractivity contribution is 0.0951. The first kappa shape index (κ1) is 18.6. The number of rotatable bonds is 5. The maximum absolute atomic E-state index is 12.7. The van der Waals surface area contributed by atoms with Crippen LogP contribution < -0.4 is 10.2 Å². The molecule has 27 heavy (non-hydrogen) atoms. The lowest BCUT2D eigenvalue weighted by atomic mass is 10.0. The smallest absolute Gasteiger partial charge is 0.251 e. The van der Waals surface area contributed by atoms with Gasteiger partial charge in [-0.3, -0.25) is 9.78 Å². The molecule has 138 valence electrons. The minimum Gasteiger partial charge on any atom is -0.361 e. The number of anilines is 1. The third-order valence-electron chi connectivity index (χ3n) is 4.44. The van der Waals surface area contributed by atoms with Gasteiger partial charge >= 0.3 is 0 Å². The molecule has 0 fully saturated rings. The summed E-state index contributed by atoms with van der Waals surface area (Å²) in [6.45, 7) is 4.61. The van der Waals surface area contributed by atoms with E-state index in [9.17, 15) is 4.79 Å². The molecule has 3 rings (SSSR count). The van der Waals surface area contributed by atoms with Crippen LogP contribution in [-0.4, -0.2) is 30.0 Å². The molecular weight excluding hydrogens is 336 g/mol. The van der Waals surface area contributed by atoms with Gasteiger partial charge in [-0.05, 0) is 37.1 Å². The Hall–Kier alpha value is -3.21. The molecule has 5 nitrogen and oxygen atoms in total. The summed E-state index contributed by atoms with van der Waals surface area (Å²) in [6.07, 6.45) is 3.33. The molecule has 0 aliphatic heterocycles. The molecule has 0 aliphatic rings. The molecule has 0 bridgehead atoms. The van der Waals surface area contributed by atoms with Crippen molar-refractivity contribution in [2.75, 3.05) is 19.0 Å². The second kappa shape index (κ2) is 7.99. The molecule has 0 saturated carbocycles. The van der Waals surface area contributed by atoms with Crippen molar-refractivity contribution in [1.82, 2.24) is 15.3 Å². The highest BCUT2D eigenvalue weighted by Gasteiger charge is 2.12. The number of nitrogens with zero attached hydrogens (tertiary/aromatic N) is 3. The van der Waals surface area contributed by atoms with Crippen molar-refractivity contribution < 1.29 is 4.79 Å². The van der Waals surface area contributed by atoms with E-state index in [4.69, 9.17) is 0 Å². The standard InChI is InChI=1S/C22H24N4O/c1-15-8-9-16(2)19(12-15)14-25-22(27)18-7-5-6-17(13-18)20-21(26(3)4)24-11-10-23-20/h5-13H,14H2,1-4H3,(H,25,27). The van der Waals surface area contributed by atoms with Crippen LogP contribution in [0.1, 0.15) is 27.0 Å². The van der Waals surface area contributed by atoms with Gasteiger partial charge in [0.25, 0.3) is 5.91 Å². The molecule has 1 amide bonds. The fourth-order valence-electron chi connectivity index (χ4n) is 2.94. The third kappa shape index (κ3) is 4.31. The Balaban J connectivity index is 1.81. The van der Waals surface area contributed by atoms with Crippen molar-refractivity contribution in [3.8, 4) is 11.3 Å². The molecule has 0 unspecified atom stereocenters. The van der Waals surface area contributed by atoms with E-state index >= 15 is 0 Å². The molecule has 0 atom stereocenters. The van der Waals surface area contributed by atoms with Crippen LogP contribution in [0.5, 0.6) is 0 Å². The zero-order valence-electron chi connectivity index (χ0n) is 16.2. The summed E-state index contributed by atoms with van der Waals surface area (Å²) in [5, 5.41) is 3.01. The van der Waals surface area contributed by atoms with Crippen LogP contribution >= 0.6 is 0 Å². The van der Waals surface area contributed by atoms with Gasteiger partial charge in [-0.25, -0.2) is 4.98 Å². The van der Waals surface area contributed by atoms with Gasteiger partial charge in [0.2, 0.25) is 0 Å². The first-order chi connectivity index (χ1) is 13.0. The fourth-order valence-corrected chi connectivity index (χ4v) is 2.94. The van der Waals surface area contributed by atoms with Crippen molar-refractivity contribution in [3.05, 3.63) is 77.1 Å². The van der Waals surface area contributed by atoms with Gasteiger partial charge in [-0.15, -0.1) is 0 Å². The Kier molecular flexibility index (Phi) is 5.50. The summed E-state index contributed by atoms with van der Waals surface area (Å²) in [6, 6.07) is 13.7. The molecule has 3 aromatic rings. The predicted molar refractivity (Wildman–Crippen MR) is 109 cm³/mol. The number of aryl methyl sites for hydroxylation is 2. The maximum Gasteiger partial charge on any atom is 0.251 e. The Morgan fingerprint density at radius 3 is 2.59 bits per heavy atom. The van der Waals surface area contributed by atoms with Gasteiger partial charge in [-0.1, -0.05) is 35.9 Å². The first-order valence-corrected chi connectivity index (χ1v) is 8.89. The van der Waals surface area contributed by atoms with E-state index in [1.165, 1.54) is 11.1 Å². The van der Waals surface area contributed by atoms with Crippen LogP contribution in [0.4, 0.5) is 5.82 Å². The number of carbonyl (C=O) groups excluding carboxylic acids is 1. The van der Waals surface area contributed by atoms with E-state index in [0.29, 0.717) is 12.1 Å². The van der Waals surface area contributed by atoms with E-state index < -0.39 is 0 Å². The van der Waals surface area contributed by atoms with Gasteiger partial charge in [0.05, 0.1) is 0 Å². The highest BCUT2D eigenvalue weighted by Crippen LogP contribution is 2.25. The van der Waals surface area contributed by atoms with E-state index in [1.807, 2.05) is 43.3 Å². The van der Waals surface area contributed by atoms with E-state index in [2.05, 4.69) is 47.3 Å². The highest BCUT2D eigenvalue weighted by molar-refractivity contribution is 5.95. The zero-order valence-corrected chi connectivity index (χ0v) is 16.2. The Labute approximate surface area is 160 Å². The van der Waals surface area contributed by atoms with Crippen LogP contribution in [0.15, 0.2) is 54.9 Å². The third-order valence-corrected chi connectivity index (χ3v) is 4.44. The number of nitrogens with one attached hydrogen (secondary N) is 1. The Bertz CT molecular complexity index is 966. The number of amides is 1. The summed E-state index contributed by atoms with van der Waals surface area (Å²) in [5.41, 5.74) is 5.71. The Morgan fingerprint density at radius 2 is 1.81 bits per heavy atom. The van der Waals surface area contributed by atoms with Crippen LogP contribution in [0.3, 0.4) is 0 Å². The maximum atomic E-state index is 12.7. The Morgan fingerprint density at radius 1 is 1.04 bits per heavy atom. The predicted octanol–water partition coefficient (Wildman–Crippen LogP) is 3.76. The largest absolute Gasteiger partial charge is 0.361 e. The van der Waals surface area contributed by atoms with Gasteiger partial charge < -0.3 is 10.2 Å². The lowest BCUT2D eigenvalue weighted by Gasteiger charge is -2.15. The summed E-state index contributed by atoms with van der Waals surface area (Å²) in [7, 11) is 3.85. The molecule has 0 saturated heterocycles. The zero-order chi connectivity index (χ0) is 19.4. The molecule has 0 aliphatic carbocycles. The van der Waals surface area contributed by atoms with Crippen LogP contribution in [-0.2, 0) is 6.54 Å². The van der Waals surface area contributed by atoms with E-state index in [1.54, 1.807) is 12.4 Å². The molecule has 1 N–H and O–H groups in total. The minimum absolute atomic E-state index is 0.104. The molecule has 1 aromatic heterocycles. The molecule has 2 aromatic carbocycles. The number of hydrogen-bond acceptors (Lipinski definition) is 4. The van der Waals surface area contributed by atoms with Gasteiger partial charge in [0.1, 0.15) is 5.69 Å². The number of aromatic nitrogens is 2. The van der Waals surface area contributed by atoms with Crippen molar-refractivity contribution in [1.29, 1.82) is 0 Å². The SMILES string of the molecule is Cc1ccc(C)c(CNC(=O)c2cccc(-c3nccnc3N(C)C)c2)c1. The van der Waals surface area contributed by atoms with Crippen LogP contribution in [0.2, 0.25) is 0 Å². The van der Waals surface area contributed by atoms with Crippen molar-refractivity contribution in [2.45, 2.75) is 20.4 Å². The molecule has 1 heterocycles. The van der Waals surface area contributed by atoms with Crippen LogP contribution in [0, 0.1) is 13.8 Å². The van der Waals surface area contributed by atoms with Crippen molar-refractivity contribution in [3.63, 3.8) is 0 Å². The monoisotopic (exact) mass is 360 g/mol. The summed E-state index contributed by atoms with van der Waals surface area (Å²) in [5.74, 6) is 0.665. The van der Waals surface area contributed by atoms with Crippen molar-refractivity contribution in [2.24, 2.45) is 0 Å². The fraction of sp³-hybridized carbons (Fsp3) is 0.227. The molecule has 0 radical (unpaired) electrons. The van der Waals surface area contributed by atoms with Gasteiger partial charge in [-0.2, -0.15) is 0 Å². The summed E-state index contributed by atoms with van der Waals surface area (Å²) in [4.78, 5) is 23.4. The molecule has 0 spiro atoms. The normalized spacial score (nSPS) is 10.5. The van der Waals surface area contributed by atoms with Crippen molar-refractivity contribution >= 4 is 11.7 Å². The summed E-state index contributed by atoms with van der Waals surface area (Å²) < 4.78 is 0. The van der Waals surface area contributed by atoms with Gasteiger partial charge in [0.15, 0.2) is 5.82 Å². The highest BCUT2D eigenvalue weighted by atomic mass is 16.1. The number of carbonyl (C=O) groups is 1. The average Bonchev–Trinajstić information content (AvgIpc) is 2.68.